The maximum Gasteiger partial charge on any atom is 0.262 e. The fourth-order valence-electron chi connectivity index (χ4n) is 13.0. The molecular weight excluding hydrogens is 1060 g/mol. The fraction of sp³-hybridized carbons (Fsp3) is 0.353. The van der Waals surface area contributed by atoms with Gasteiger partial charge in [0.2, 0.25) is 0 Å². The van der Waals surface area contributed by atoms with Gasteiger partial charge in [0.1, 0.15) is 47.3 Å². The molecule has 0 radical (unpaired) electrons. The van der Waals surface area contributed by atoms with E-state index in [2.05, 4.69) is 0 Å². The normalized spacial score (nSPS) is 25.3. The minimum Gasteiger partial charge on any atom is -0.301 e. The second-order valence-electron chi connectivity index (χ2n) is 23.8. The molecule has 0 saturated heterocycles. The lowest BCUT2D eigenvalue weighted by molar-refractivity contribution is -0.117. The van der Waals surface area contributed by atoms with Gasteiger partial charge in [0, 0.05) is 0 Å². The fourth-order valence-corrected chi connectivity index (χ4v) is 13.0. The van der Waals surface area contributed by atoms with Crippen LogP contribution in [0.4, 0.5) is 0 Å². The number of fused-ring (bicyclic) bond motifs is 4. The lowest BCUT2D eigenvalue weighted by atomic mass is 9.78. The first-order valence-electron chi connectivity index (χ1n) is 28.4. The maximum atomic E-state index is 12.6. The standard InChI is InChI=1S/4C17H17NO3/c4*1-11-7-8-17(10-19,9-12(11)2)18-15(20)13-5-3-4-6-14(13)16(18)21/h4*3-6,10H,7-9H2,1-2H3/t4*17-/m0000/s1. The van der Waals surface area contributed by atoms with Crippen molar-refractivity contribution in [3.05, 3.63) is 186 Å². The van der Waals surface area contributed by atoms with Gasteiger partial charge < -0.3 is 19.2 Å². The lowest BCUT2D eigenvalue weighted by Crippen LogP contribution is -2.54. The molecule has 0 unspecified atom stereocenters. The van der Waals surface area contributed by atoms with Crippen molar-refractivity contribution < 1.29 is 57.5 Å². The van der Waals surface area contributed by atoms with Gasteiger partial charge in [-0.3, -0.25) is 58.0 Å². The minimum absolute atomic E-state index is 0.352. The van der Waals surface area contributed by atoms with E-state index in [1.54, 1.807) is 97.1 Å². The minimum atomic E-state index is -1.03. The number of carbonyl (C=O) groups excluding carboxylic acids is 12. The number of hydrogen-bond donors (Lipinski definition) is 0. The Morgan fingerprint density at radius 1 is 0.262 bits per heavy atom. The molecule has 8 aliphatic rings. The monoisotopic (exact) mass is 1130 g/mol. The van der Waals surface area contributed by atoms with E-state index in [1.807, 2.05) is 55.4 Å². The van der Waals surface area contributed by atoms with Crippen LogP contribution >= 0.6 is 0 Å². The first-order chi connectivity index (χ1) is 40.0. The van der Waals surface area contributed by atoms with E-state index in [-0.39, 0.29) is 47.3 Å². The Labute approximate surface area is 488 Å². The molecule has 84 heavy (non-hydrogen) atoms. The van der Waals surface area contributed by atoms with Gasteiger partial charge in [-0.15, -0.1) is 0 Å². The van der Waals surface area contributed by atoms with Crippen molar-refractivity contribution in [3.8, 4) is 0 Å². The van der Waals surface area contributed by atoms with E-state index in [0.717, 1.165) is 73.1 Å². The largest absolute Gasteiger partial charge is 0.301 e. The van der Waals surface area contributed by atoms with Crippen LogP contribution in [0, 0.1) is 0 Å². The van der Waals surface area contributed by atoms with E-state index in [4.69, 9.17) is 0 Å². The molecule has 8 amide bonds. The predicted molar refractivity (Wildman–Crippen MR) is 312 cm³/mol. The van der Waals surface area contributed by atoms with Crippen LogP contribution in [0.1, 0.15) is 215 Å². The summed E-state index contributed by atoms with van der Waals surface area (Å²) in [7, 11) is 0. The quantitative estimate of drug-likeness (QED) is 0.0914. The van der Waals surface area contributed by atoms with Gasteiger partial charge in [0.05, 0.1) is 44.5 Å². The molecule has 0 fully saturated rings. The molecule has 4 aromatic rings. The zero-order valence-electron chi connectivity index (χ0n) is 48.7. The average Bonchev–Trinajstić information content (AvgIpc) is 3.24. The first kappa shape index (κ1) is 59.7. The van der Waals surface area contributed by atoms with Crippen LogP contribution in [0.25, 0.3) is 0 Å². The molecule has 16 nitrogen and oxygen atoms in total. The zero-order chi connectivity index (χ0) is 60.8. The molecule has 4 aromatic carbocycles. The van der Waals surface area contributed by atoms with Crippen molar-refractivity contribution in [1.29, 1.82) is 0 Å². The van der Waals surface area contributed by atoms with Crippen LogP contribution in [-0.2, 0) is 19.2 Å². The summed E-state index contributed by atoms with van der Waals surface area (Å²) in [4.78, 5) is 153. The summed E-state index contributed by atoms with van der Waals surface area (Å²) in [6, 6.07) is 27.0. The number of hydrogen-bond acceptors (Lipinski definition) is 12. The maximum absolute atomic E-state index is 12.6. The molecular formula is C68H68N4O12. The van der Waals surface area contributed by atoms with Gasteiger partial charge in [-0.1, -0.05) is 93.1 Å². The van der Waals surface area contributed by atoms with Crippen LogP contribution in [0.15, 0.2) is 142 Å². The van der Waals surface area contributed by atoms with Crippen molar-refractivity contribution in [2.75, 3.05) is 0 Å². The van der Waals surface area contributed by atoms with Crippen LogP contribution in [0.5, 0.6) is 0 Å². The van der Waals surface area contributed by atoms with Crippen LogP contribution in [0.3, 0.4) is 0 Å². The van der Waals surface area contributed by atoms with Gasteiger partial charge in [-0.25, -0.2) is 0 Å². The number of aldehydes is 4. The summed E-state index contributed by atoms with van der Waals surface area (Å²) in [6.07, 6.45) is 9.84. The summed E-state index contributed by atoms with van der Waals surface area (Å²) >= 11 is 0. The van der Waals surface area contributed by atoms with Crippen molar-refractivity contribution in [2.24, 2.45) is 0 Å². The number of carbonyl (C=O) groups is 12. The van der Waals surface area contributed by atoms with Gasteiger partial charge >= 0.3 is 0 Å². The van der Waals surface area contributed by atoms with Crippen molar-refractivity contribution in [3.63, 3.8) is 0 Å². The molecule has 0 saturated carbocycles. The molecule has 0 N–H and O–H groups in total. The highest BCUT2D eigenvalue weighted by Gasteiger charge is 2.54. The zero-order valence-corrected chi connectivity index (χ0v) is 48.7. The van der Waals surface area contributed by atoms with Crippen molar-refractivity contribution >= 4 is 72.4 Å². The Morgan fingerprint density at radius 2 is 0.405 bits per heavy atom. The van der Waals surface area contributed by atoms with Gasteiger partial charge in [0.25, 0.3) is 47.3 Å². The van der Waals surface area contributed by atoms with Crippen LogP contribution in [0.2, 0.25) is 0 Å². The molecule has 432 valence electrons. The highest BCUT2D eigenvalue weighted by molar-refractivity contribution is 6.25. The Kier molecular flexibility index (Phi) is 16.4. The molecule has 16 heteroatoms. The molecule has 0 bridgehead atoms. The topological polar surface area (TPSA) is 218 Å². The van der Waals surface area contributed by atoms with Gasteiger partial charge in [0.15, 0.2) is 0 Å². The Morgan fingerprint density at radius 3 is 0.524 bits per heavy atom. The third-order valence-electron chi connectivity index (χ3n) is 18.8. The third-order valence-corrected chi connectivity index (χ3v) is 18.8. The molecule has 12 rings (SSSR count). The van der Waals surface area contributed by atoms with Crippen LogP contribution in [-0.4, -0.2) is 114 Å². The van der Waals surface area contributed by atoms with E-state index >= 15 is 0 Å². The number of amides is 8. The van der Waals surface area contributed by atoms with Gasteiger partial charge in [-0.05, 0) is 181 Å². The highest BCUT2D eigenvalue weighted by Crippen LogP contribution is 2.44. The second kappa shape index (κ2) is 23.0. The lowest BCUT2D eigenvalue weighted by Gasteiger charge is -2.39. The number of imide groups is 4. The SMILES string of the molecule is CC1=C(C)C[C@@](C=O)(N2C(=O)c3ccccc3C2=O)CC1.CC1=C(C)C[C@@](C=O)(N2C(=O)c3ccccc3C2=O)CC1.CC1=C(C)C[C@@](C=O)(N2C(=O)c3ccccc3C2=O)CC1.CC1=C(C)C[C@@](C=O)(N2C(=O)c3ccccc3C2=O)CC1. The van der Waals surface area contributed by atoms with Crippen molar-refractivity contribution in [1.82, 2.24) is 19.6 Å². The summed E-state index contributed by atoms with van der Waals surface area (Å²) in [5, 5.41) is 0. The third kappa shape index (κ3) is 9.98. The molecule has 4 heterocycles. The molecule has 0 spiro atoms. The van der Waals surface area contributed by atoms with Gasteiger partial charge in [-0.2, -0.15) is 0 Å². The number of benzene rings is 4. The predicted octanol–water partition coefficient (Wildman–Crippen LogP) is 11.0. The van der Waals surface area contributed by atoms with Crippen molar-refractivity contribution in [2.45, 2.75) is 155 Å². The number of allylic oxidation sites excluding steroid dienone is 4. The Bertz CT molecular complexity index is 3090. The van der Waals surface area contributed by atoms with E-state index in [9.17, 15) is 57.5 Å². The summed E-state index contributed by atoms with van der Waals surface area (Å²) in [5.41, 5.74) is 8.35. The molecule has 4 aliphatic heterocycles. The Balaban J connectivity index is 0.000000134. The Hall–Kier alpha value is -8.92. The summed E-state index contributed by atoms with van der Waals surface area (Å²) in [5.74, 6) is -2.81. The summed E-state index contributed by atoms with van der Waals surface area (Å²) in [6.45, 7) is 16.0. The number of nitrogens with zero attached hydrogens (tertiary/aromatic N) is 4. The first-order valence-corrected chi connectivity index (χ1v) is 28.4. The number of rotatable bonds is 8. The molecule has 0 aromatic heterocycles. The highest BCUT2D eigenvalue weighted by atomic mass is 16.2. The second-order valence-corrected chi connectivity index (χ2v) is 23.8. The molecule has 4 aliphatic carbocycles. The van der Waals surface area contributed by atoms with Crippen LogP contribution < -0.4 is 0 Å². The average molecular weight is 1130 g/mol. The van der Waals surface area contributed by atoms with E-state index in [0.29, 0.717) is 95.9 Å². The molecule has 4 atom stereocenters. The summed E-state index contributed by atoms with van der Waals surface area (Å²) < 4.78 is 0. The smallest absolute Gasteiger partial charge is 0.262 e. The van der Waals surface area contributed by atoms with E-state index in [1.165, 1.54) is 41.9 Å². The van der Waals surface area contributed by atoms with E-state index < -0.39 is 22.2 Å².